The number of rotatable bonds is 11. The Morgan fingerprint density at radius 3 is 1.83 bits per heavy atom. The van der Waals surface area contributed by atoms with Gasteiger partial charge in [-0.3, -0.25) is 19.6 Å². The molecule has 320 valence electrons. The van der Waals surface area contributed by atoms with Crippen LogP contribution in [0.25, 0.3) is 22.2 Å². The van der Waals surface area contributed by atoms with Crippen molar-refractivity contribution in [3.8, 4) is 12.0 Å². The first-order valence-electron chi connectivity index (χ1n) is 19.2. The summed E-state index contributed by atoms with van der Waals surface area (Å²) in [7, 11) is -3.40. The van der Waals surface area contributed by atoms with Gasteiger partial charge in [0, 0.05) is 18.6 Å². The molecule has 4 aromatic heterocycles. The molecule has 16 nitrogen and oxygen atoms in total. The van der Waals surface area contributed by atoms with Crippen molar-refractivity contribution in [2.45, 2.75) is 108 Å². The molecule has 0 bridgehead atoms. The highest BCUT2D eigenvalue weighted by atomic mass is 32.2. The number of aryl methyl sites for hydroxylation is 2. The average molecular weight is 861 g/mol. The normalized spacial score (nSPS) is 16.0. The van der Waals surface area contributed by atoms with Crippen LogP contribution in [0.3, 0.4) is 0 Å². The van der Waals surface area contributed by atoms with E-state index in [1.807, 2.05) is 0 Å². The largest absolute Gasteiger partial charge is 0.403 e. The van der Waals surface area contributed by atoms with Crippen molar-refractivity contribution in [1.82, 2.24) is 19.9 Å². The zero-order valence-electron chi connectivity index (χ0n) is 32.2. The average Bonchev–Trinajstić information content (AvgIpc) is 3.19. The van der Waals surface area contributed by atoms with E-state index in [1.165, 1.54) is 30.3 Å². The van der Waals surface area contributed by atoms with Gasteiger partial charge in [0.1, 0.15) is 16.6 Å². The van der Waals surface area contributed by atoms with Gasteiger partial charge in [-0.15, -0.1) is 0 Å². The Labute approximate surface area is 337 Å². The van der Waals surface area contributed by atoms with Crippen LogP contribution in [0.1, 0.15) is 94.2 Å². The lowest BCUT2D eigenvalue weighted by Gasteiger charge is -2.22. The smallest absolute Gasteiger partial charge is 0.389 e. The number of benzene rings is 1. The van der Waals surface area contributed by atoms with Crippen molar-refractivity contribution < 1.29 is 44.5 Å². The minimum Gasteiger partial charge on any atom is -0.403 e. The van der Waals surface area contributed by atoms with Gasteiger partial charge in [-0.2, -0.15) is 23.1 Å². The molecule has 0 spiro atoms. The number of fused-ring (bicyclic) bond motifs is 2. The van der Waals surface area contributed by atoms with Gasteiger partial charge in [0.15, 0.2) is 9.84 Å². The van der Waals surface area contributed by atoms with Crippen molar-refractivity contribution in [2.24, 2.45) is 10.3 Å². The maximum atomic E-state index is 13.0. The van der Waals surface area contributed by atoms with E-state index in [0.29, 0.717) is 48.9 Å². The predicted octanol–water partition coefficient (Wildman–Crippen LogP) is 6.33. The molecule has 21 heteroatoms. The van der Waals surface area contributed by atoms with Crippen LogP contribution in [-0.4, -0.2) is 51.2 Å². The first-order chi connectivity index (χ1) is 28.6. The Balaban J connectivity index is 0.000000205. The molecule has 2 saturated carbocycles. The Hall–Kier alpha value is -5.99. The van der Waals surface area contributed by atoms with Crippen LogP contribution in [0, 0.1) is 5.82 Å². The number of nitrogens with zero attached hydrogens (tertiary/aromatic N) is 4. The molecule has 0 atom stereocenters. The standard InChI is InChI=1S/C22H22FN3O6S.C17H18F3N3O4/c1-2-14-11-18(27)31-21-19(14)20(28)24-22(25-21)32-26-16-7-9-17(10-8-16)33(29,30)12-13-3-5-15(23)6-4-13;18-17(19,20)8-4-5-10-9-12(24)26-15-13(10)14(25)21-16(22-15)27-23-11-6-2-1-3-7-11/h3-6,11,17H,2,7-10,12H2,1H3,(H,24,25,28);9H,1-8H2,(H,21,22,25). The van der Waals surface area contributed by atoms with E-state index in [-0.39, 0.29) is 58.4 Å². The summed E-state index contributed by atoms with van der Waals surface area (Å²) in [6, 6.07) is 7.24. The minimum atomic E-state index is -4.31. The molecule has 2 N–H and O–H groups in total. The van der Waals surface area contributed by atoms with Crippen molar-refractivity contribution in [1.29, 1.82) is 0 Å². The molecule has 1 aromatic carbocycles. The molecule has 2 aliphatic carbocycles. The molecule has 0 amide bonds. The number of hydrogen-bond acceptors (Lipinski definition) is 14. The van der Waals surface area contributed by atoms with E-state index in [1.54, 1.807) is 6.92 Å². The zero-order valence-corrected chi connectivity index (χ0v) is 33.0. The van der Waals surface area contributed by atoms with Crippen LogP contribution in [-0.2, 0) is 28.4 Å². The third kappa shape index (κ3) is 11.6. The molecular weight excluding hydrogens is 821 g/mol. The van der Waals surface area contributed by atoms with Gasteiger partial charge in [-0.1, -0.05) is 35.8 Å². The molecular formula is C39H40F4N6O10S. The zero-order chi connectivity index (χ0) is 43.0. The lowest BCUT2D eigenvalue weighted by atomic mass is 9.98. The number of sulfone groups is 1. The van der Waals surface area contributed by atoms with Crippen molar-refractivity contribution in [3.63, 3.8) is 0 Å². The summed E-state index contributed by atoms with van der Waals surface area (Å²) in [5.74, 6) is -0.557. The van der Waals surface area contributed by atoms with Crippen LogP contribution in [0.15, 0.2) is 74.7 Å². The van der Waals surface area contributed by atoms with Crippen LogP contribution in [0.2, 0.25) is 0 Å². The van der Waals surface area contributed by atoms with Crippen LogP contribution in [0.4, 0.5) is 17.6 Å². The topological polar surface area (TPSA) is 229 Å². The summed E-state index contributed by atoms with van der Waals surface area (Å²) >= 11 is 0. The Morgan fingerprint density at radius 1 is 0.783 bits per heavy atom. The molecule has 0 unspecified atom stereocenters. The number of aromatic amines is 2. The molecule has 2 aliphatic rings. The highest BCUT2D eigenvalue weighted by molar-refractivity contribution is 7.91. The van der Waals surface area contributed by atoms with E-state index in [9.17, 15) is 45.2 Å². The second-order valence-corrected chi connectivity index (χ2v) is 16.6. The van der Waals surface area contributed by atoms with Gasteiger partial charge in [-0.25, -0.2) is 22.4 Å². The lowest BCUT2D eigenvalue weighted by molar-refractivity contribution is -0.135. The maximum absolute atomic E-state index is 13.0. The summed E-state index contributed by atoms with van der Waals surface area (Å²) in [5, 5.41) is 7.56. The summed E-state index contributed by atoms with van der Waals surface area (Å²) < 4.78 is 85.4. The fraction of sp³-hybridized carbons (Fsp3) is 0.436. The lowest BCUT2D eigenvalue weighted by Crippen LogP contribution is -2.28. The second-order valence-electron chi connectivity index (χ2n) is 14.3. The van der Waals surface area contributed by atoms with Gasteiger partial charge >= 0.3 is 29.4 Å². The summed E-state index contributed by atoms with van der Waals surface area (Å²) in [6.07, 6.45) is 1.10. The molecule has 0 saturated heterocycles. The first kappa shape index (κ1) is 43.6. The number of H-pyrrole nitrogens is 2. The van der Waals surface area contributed by atoms with Crippen LogP contribution in [0.5, 0.6) is 12.0 Å². The summed E-state index contributed by atoms with van der Waals surface area (Å²) in [5.41, 5.74) is -0.291. The molecule has 60 heavy (non-hydrogen) atoms. The van der Waals surface area contributed by atoms with Gasteiger partial charge in [0.2, 0.25) is 11.4 Å². The van der Waals surface area contributed by atoms with E-state index in [4.69, 9.17) is 18.5 Å². The van der Waals surface area contributed by atoms with Gasteiger partial charge in [0.05, 0.1) is 22.4 Å². The quantitative estimate of drug-likeness (QED) is 0.110. The first-order valence-corrected chi connectivity index (χ1v) is 20.9. The van der Waals surface area contributed by atoms with E-state index >= 15 is 0 Å². The van der Waals surface area contributed by atoms with E-state index in [2.05, 4.69) is 30.2 Å². The fourth-order valence-electron chi connectivity index (χ4n) is 6.87. The van der Waals surface area contributed by atoms with E-state index in [0.717, 1.165) is 43.9 Å². The number of hydrogen-bond donors (Lipinski definition) is 2. The number of alkyl halides is 3. The van der Waals surface area contributed by atoms with Gasteiger partial charge < -0.3 is 18.5 Å². The molecule has 7 rings (SSSR count). The van der Waals surface area contributed by atoms with E-state index < -0.39 is 55.9 Å². The molecule has 5 aromatic rings. The Kier molecular flexibility index (Phi) is 13.8. The molecule has 0 radical (unpaired) electrons. The SMILES string of the molecule is CCc1cc(=O)oc2nc(ON=C3CCC(S(=O)(=O)Cc4ccc(F)cc4)CC3)[nH]c(=O)c12.O=c1cc(CCCC(F)(F)F)c2c(=O)[nH]c(ON=C3CCCCC3)nc2o1. The monoisotopic (exact) mass is 860 g/mol. The van der Waals surface area contributed by atoms with Crippen LogP contribution >= 0.6 is 0 Å². The van der Waals surface area contributed by atoms with Gasteiger partial charge in [-0.05, 0) is 99.5 Å². The Morgan fingerprint density at radius 2 is 1.30 bits per heavy atom. The molecule has 2 fully saturated rings. The summed E-state index contributed by atoms with van der Waals surface area (Å²) in [4.78, 5) is 71.3. The number of oxime groups is 2. The highest BCUT2D eigenvalue weighted by Crippen LogP contribution is 2.27. The second kappa shape index (κ2) is 18.9. The predicted molar refractivity (Wildman–Crippen MR) is 211 cm³/mol. The molecule has 4 heterocycles. The Bertz CT molecular complexity index is 2740. The number of aromatic nitrogens is 4. The van der Waals surface area contributed by atoms with Crippen LogP contribution < -0.4 is 32.0 Å². The third-order valence-corrected chi connectivity index (χ3v) is 12.1. The fourth-order valence-corrected chi connectivity index (χ4v) is 8.72. The maximum Gasteiger partial charge on any atom is 0.389 e. The summed E-state index contributed by atoms with van der Waals surface area (Å²) in [6.45, 7) is 1.81. The number of nitrogens with one attached hydrogen (secondary N) is 2. The number of halogens is 4. The minimum absolute atomic E-state index is 0.0607. The third-order valence-electron chi connectivity index (χ3n) is 9.89. The van der Waals surface area contributed by atoms with Gasteiger partial charge in [0.25, 0.3) is 11.1 Å². The van der Waals surface area contributed by atoms with Crippen molar-refractivity contribution in [2.75, 3.05) is 0 Å². The van der Waals surface area contributed by atoms with Crippen molar-refractivity contribution in [3.05, 3.63) is 100 Å². The highest BCUT2D eigenvalue weighted by Gasteiger charge is 2.30. The van der Waals surface area contributed by atoms with Crippen molar-refractivity contribution >= 4 is 43.5 Å². The molecule has 0 aliphatic heterocycles.